The number of nitrogens with zero attached hydrogens (tertiary/aromatic N) is 4. The fourth-order valence-electron chi connectivity index (χ4n) is 2.54. The third-order valence-electron chi connectivity index (χ3n) is 4.25. The summed E-state index contributed by atoms with van der Waals surface area (Å²) in [4.78, 5) is 18.7. The third-order valence-corrected chi connectivity index (χ3v) is 5.46. The third kappa shape index (κ3) is 3.44. The summed E-state index contributed by atoms with van der Waals surface area (Å²) >= 11 is 1.49. The normalized spacial score (nSPS) is 14.4. The van der Waals surface area contributed by atoms with E-state index in [1.165, 1.54) is 29.4 Å². The average molecular weight is 382 g/mol. The van der Waals surface area contributed by atoms with E-state index in [9.17, 15) is 18.0 Å². The van der Waals surface area contributed by atoms with Crippen LogP contribution in [0.3, 0.4) is 0 Å². The Morgan fingerprint density at radius 1 is 1.23 bits per heavy atom. The Morgan fingerprint density at radius 2 is 1.92 bits per heavy atom. The van der Waals surface area contributed by atoms with Crippen molar-refractivity contribution in [1.29, 1.82) is 0 Å². The van der Waals surface area contributed by atoms with E-state index in [0.29, 0.717) is 0 Å². The van der Waals surface area contributed by atoms with E-state index in [0.717, 1.165) is 26.0 Å². The maximum atomic E-state index is 12.7. The molecule has 2 atom stereocenters. The molecule has 0 fully saturated rings. The summed E-state index contributed by atoms with van der Waals surface area (Å²) in [6.07, 6.45) is -3.37. The van der Waals surface area contributed by atoms with Gasteiger partial charge >= 0.3 is 6.18 Å². The molecule has 9 heteroatoms. The molecule has 0 spiro atoms. The number of hydrogen-bond donors (Lipinski definition) is 0. The predicted octanol–water partition coefficient (Wildman–Crippen LogP) is 4.29. The quantitative estimate of drug-likeness (QED) is 0.676. The van der Waals surface area contributed by atoms with Crippen LogP contribution in [0.5, 0.6) is 0 Å². The van der Waals surface area contributed by atoms with Crippen molar-refractivity contribution in [2.75, 3.05) is 7.05 Å². The van der Waals surface area contributed by atoms with Crippen molar-refractivity contribution in [1.82, 2.24) is 19.7 Å². The number of amides is 1. The number of para-hydroxylation sites is 1. The van der Waals surface area contributed by atoms with Crippen molar-refractivity contribution in [2.45, 2.75) is 32.1 Å². The van der Waals surface area contributed by atoms with Gasteiger partial charge in [0, 0.05) is 13.2 Å². The number of likely N-dealkylation sites (N-methyl/N-ethyl adjacent to an activating group) is 1. The summed E-state index contributed by atoms with van der Waals surface area (Å²) in [6.45, 7) is 3.36. The van der Waals surface area contributed by atoms with Crippen LogP contribution in [0.4, 0.5) is 13.2 Å². The van der Waals surface area contributed by atoms with Crippen molar-refractivity contribution in [3.8, 4) is 0 Å². The minimum Gasteiger partial charge on any atom is -0.335 e. The summed E-state index contributed by atoms with van der Waals surface area (Å²) in [7, 11) is 1.61. The molecule has 0 saturated heterocycles. The highest BCUT2D eigenvalue weighted by Gasteiger charge is 2.35. The van der Waals surface area contributed by atoms with E-state index < -0.39 is 17.9 Å². The van der Waals surface area contributed by atoms with Crippen molar-refractivity contribution in [3.63, 3.8) is 0 Å². The highest BCUT2D eigenvalue weighted by atomic mass is 32.1. The maximum Gasteiger partial charge on any atom is 0.435 e. The van der Waals surface area contributed by atoms with Crippen LogP contribution < -0.4 is 0 Å². The molecule has 2 aromatic heterocycles. The van der Waals surface area contributed by atoms with Crippen LogP contribution in [0.2, 0.25) is 0 Å². The van der Waals surface area contributed by atoms with Crippen LogP contribution >= 0.6 is 11.3 Å². The Morgan fingerprint density at radius 3 is 2.54 bits per heavy atom. The molecule has 0 saturated carbocycles. The number of hydrogen-bond acceptors (Lipinski definition) is 4. The van der Waals surface area contributed by atoms with Gasteiger partial charge in [0.2, 0.25) is 5.91 Å². The first-order chi connectivity index (χ1) is 12.2. The number of halogens is 3. The second-order valence-electron chi connectivity index (χ2n) is 6.00. The standard InChI is InChI=1S/C17H17F3N4OS/c1-10(15-21-12-6-4-5-7-13(12)26-15)23(3)16(25)11(2)24-9-8-14(22-24)17(18,19)20/h4-11H,1-3H3. The van der Waals surface area contributed by atoms with Crippen molar-refractivity contribution < 1.29 is 18.0 Å². The van der Waals surface area contributed by atoms with Crippen molar-refractivity contribution in [3.05, 3.63) is 47.2 Å². The number of fused-ring (bicyclic) bond motifs is 1. The lowest BCUT2D eigenvalue weighted by Crippen LogP contribution is -2.35. The highest BCUT2D eigenvalue weighted by molar-refractivity contribution is 7.18. The zero-order valence-corrected chi connectivity index (χ0v) is 15.2. The zero-order valence-electron chi connectivity index (χ0n) is 14.4. The molecule has 0 N–H and O–H groups in total. The minimum absolute atomic E-state index is 0.306. The number of alkyl halides is 3. The molecule has 2 heterocycles. The molecule has 0 bridgehead atoms. The molecule has 26 heavy (non-hydrogen) atoms. The number of aromatic nitrogens is 3. The molecule has 0 aliphatic heterocycles. The SMILES string of the molecule is CC(c1nc2ccccc2s1)N(C)C(=O)C(C)n1ccc(C(F)(F)F)n1. The zero-order chi connectivity index (χ0) is 19.1. The Hall–Kier alpha value is -2.42. The van der Waals surface area contributed by atoms with Crippen LogP contribution in [0.1, 0.15) is 36.6 Å². The van der Waals surface area contributed by atoms with Gasteiger partial charge in [-0.15, -0.1) is 11.3 Å². The lowest BCUT2D eigenvalue weighted by molar-refractivity contribution is -0.142. The van der Waals surface area contributed by atoms with E-state index in [-0.39, 0.29) is 11.9 Å². The van der Waals surface area contributed by atoms with Crippen LogP contribution in [0.15, 0.2) is 36.5 Å². The molecule has 3 aromatic rings. The van der Waals surface area contributed by atoms with Crippen LogP contribution in [-0.2, 0) is 11.0 Å². The van der Waals surface area contributed by atoms with Gasteiger partial charge in [-0.25, -0.2) is 4.98 Å². The van der Waals surface area contributed by atoms with E-state index >= 15 is 0 Å². The first-order valence-corrected chi connectivity index (χ1v) is 8.74. The Kier molecular flexibility index (Phi) is 4.74. The Balaban J connectivity index is 1.78. The average Bonchev–Trinajstić information content (AvgIpc) is 3.25. The smallest absolute Gasteiger partial charge is 0.335 e. The second kappa shape index (κ2) is 6.71. The summed E-state index contributed by atoms with van der Waals surface area (Å²) in [6, 6.07) is 7.37. The van der Waals surface area contributed by atoms with Crippen molar-refractivity contribution in [2.24, 2.45) is 0 Å². The fourth-order valence-corrected chi connectivity index (χ4v) is 3.60. The lowest BCUT2D eigenvalue weighted by atomic mass is 10.2. The van der Waals surface area contributed by atoms with Gasteiger partial charge in [-0.3, -0.25) is 9.48 Å². The fraction of sp³-hybridized carbons (Fsp3) is 0.353. The first kappa shape index (κ1) is 18.4. The van der Waals surface area contributed by atoms with Gasteiger partial charge in [0.25, 0.3) is 0 Å². The predicted molar refractivity (Wildman–Crippen MR) is 92.7 cm³/mol. The van der Waals surface area contributed by atoms with Crippen molar-refractivity contribution >= 4 is 27.5 Å². The van der Waals surface area contributed by atoms with E-state index in [1.54, 1.807) is 7.05 Å². The molecule has 1 amide bonds. The molecule has 5 nitrogen and oxygen atoms in total. The first-order valence-electron chi connectivity index (χ1n) is 7.93. The number of carbonyl (C=O) groups excluding carboxylic acids is 1. The Bertz CT molecular complexity index is 900. The number of carbonyl (C=O) groups is 1. The summed E-state index contributed by atoms with van der Waals surface area (Å²) < 4.78 is 40.1. The summed E-state index contributed by atoms with van der Waals surface area (Å²) in [5, 5.41) is 4.25. The molecule has 138 valence electrons. The summed E-state index contributed by atoms with van der Waals surface area (Å²) in [5.41, 5.74) is -0.158. The van der Waals surface area contributed by atoms with Crippen LogP contribution in [-0.4, -0.2) is 32.6 Å². The van der Waals surface area contributed by atoms with Gasteiger partial charge in [0.05, 0.1) is 16.3 Å². The summed E-state index contributed by atoms with van der Waals surface area (Å²) in [5.74, 6) is -0.339. The molecular weight excluding hydrogens is 365 g/mol. The molecule has 3 rings (SSSR count). The van der Waals surface area contributed by atoms with Crippen LogP contribution in [0.25, 0.3) is 10.2 Å². The molecular formula is C17H17F3N4OS. The largest absolute Gasteiger partial charge is 0.435 e. The van der Waals surface area contributed by atoms with E-state index in [1.807, 2.05) is 31.2 Å². The molecule has 2 unspecified atom stereocenters. The topological polar surface area (TPSA) is 51.0 Å². The molecule has 0 aliphatic rings. The number of benzene rings is 1. The van der Waals surface area contributed by atoms with Gasteiger partial charge in [-0.1, -0.05) is 12.1 Å². The highest BCUT2D eigenvalue weighted by Crippen LogP contribution is 2.31. The molecule has 1 aromatic carbocycles. The molecule has 0 radical (unpaired) electrons. The number of rotatable bonds is 4. The number of thiazole rings is 1. The lowest BCUT2D eigenvalue weighted by Gasteiger charge is -2.26. The van der Waals surface area contributed by atoms with Gasteiger partial charge in [0.1, 0.15) is 11.0 Å². The second-order valence-corrected chi connectivity index (χ2v) is 7.06. The van der Waals surface area contributed by atoms with Gasteiger partial charge < -0.3 is 4.90 Å². The van der Waals surface area contributed by atoms with Crippen LogP contribution in [0, 0.1) is 0 Å². The molecule has 0 aliphatic carbocycles. The maximum absolute atomic E-state index is 12.7. The van der Waals surface area contributed by atoms with Gasteiger partial charge in [-0.05, 0) is 32.0 Å². The van der Waals surface area contributed by atoms with Gasteiger partial charge in [-0.2, -0.15) is 18.3 Å². The van der Waals surface area contributed by atoms with E-state index in [2.05, 4.69) is 10.1 Å². The van der Waals surface area contributed by atoms with Gasteiger partial charge in [0.15, 0.2) is 5.69 Å². The minimum atomic E-state index is -4.53. The van der Waals surface area contributed by atoms with E-state index in [4.69, 9.17) is 0 Å². The Labute approximate surface area is 152 Å². The monoisotopic (exact) mass is 382 g/mol.